The molecule has 0 saturated carbocycles. The van der Waals surface area contributed by atoms with E-state index in [1.165, 1.54) is 11.8 Å². The van der Waals surface area contributed by atoms with Crippen LogP contribution in [0.5, 0.6) is 5.75 Å². The highest BCUT2D eigenvalue weighted by atomic mass is 32.2. The van der Waals surface area contributed by atoms with Crippen molar-refractivity contribution in [3.05, 3.63) is 48.8 Å². The predicted octanol–water partition coefficient (Wildman–Crippen LogP) is 4.47. The van der Waals surface area contributed by atoms with E-state index < -0.39 is 0 Å². The molecule has 1 unspecified atom stereocenters. The van der Waals surface area contributed by atoms with Crippen LogP contribution in [0.1, 0.15) is 33.6 Å². The van der Waals surface area contributed by atoms with Gasteiger partial charge in [-0.25, -0.2) is 0 Å². The lowest BCUT2D eigenvalue weighted by molar-refractivity contribution is -0.131. The van der Waals surface area contributed by atoms with Gasteiger partial charge in [0.25, 0.3) is 0 Å². The quantitative estimate of drug-likeness (QED) is 0.494. The number of aromatic nitrogens is 4. The first-order chi connectivity index (χ1) is 15.6. The third-order valence-corrected chi connectivity index (χ3v) is 6.71. The molecule has 1 amide bonds. The molecule has 0 spiro atoms. The van der Waals surface area contributed by atoms with E-state index in [-0.39, 0.29) is 11.2 Å². The van der Waals surface area contributed by atoms with E-state index in [9.17, 15) is 4.79 Å². The molecular formula is C24H29N5O2S. The lowest BCUT2D eigenvalue weighted by Gasteiger charge is -2.32. The molecule has 0 bridgehead atoms. The summed E-state index contributed by atoms with van der Waals surface area (Å²) in [4.78, 5) is 19.3. The summed E-state index contributed by atoms with van der Waals surface area (Å²) in [6.45, 7) is 8.44. The average Bonchev–Trinajstić information content (AvgIpc) is 3.24. The van der Waals surface area contributed by atoms with Crippen LogP contribution in [0.15, 0.2) is 53.9 Å². The molecular weight excluding hydrogens is 422 g/mol. The van der Waals surface area contributed by atoms with Crippen molar-refractivity contribution in [2.75, 3.05) is 19.7 Å². The van der Waals surface area contributed by atoms with E-state index in [0.717, 1.165) is 42.9 Å². The lowest BCUT2D eigenvalue weighted by Crippen LogP contribution is -2.41. The van der Waals surface area contributed by atoms with Crippen molar-refractivity contribution in [1.29, 1.82) is 0 Å². The molecule has 4 rings (SSSR count). The van der Waals surface area contributed by atoms with E-state index in [1.54, 1.807) is 12.4 Å². The first kappa shape index (κ1) is 22.3. The topological polar surface area (TPSA) is 73.1 Å². The maximum atomic E-state index is 13.1. The molecule has 32 heavy (non-hydrogen) atoms. The number of ether oxygens (including phenoxy) is 1. The number of carbonyl (C=O) groups is 1. The van der Waals surface area contributed by atoms with Gasteiger partial charge in [-0.15, -0.1) is 10.2 Å². The van der Waals surface area contributed by atoms with Gasteiger partial charge in [0.15, 0.2) is 11.0 Å². The van der Waals surface area contributed by atoms with Gasteiger partial charge in [0.2, 0.25) is 5.91 Å². The third kappa shape index (κ3) is 4.96. The molecule has 0 N–H and O–H groups in total. The maximum Gasteiger partial charge on any atom is 0.235 e. The van der Waals surface area contributed by atoms with E-state index in [1.807, 2.05) is 59.7 Å². The van der Waals surface area contributed by atoms with E-state index in [0.29, 0.717) is 23.5 Å². The van der Waals surface area contributed by atoms with E-state index in [4.69, 9.17) is 4.74 Å². The molecule has 1 atom stereocenters. The summed E-state index contributed by atoms with van der Waals surface area (Å²) in [5.74, 6) is 2.35. The first-order valence-electron chi connectivity index (χ1n) is 11.1. The number of nitrogens with zero attached hydrogens (tertiary/aromatic N) is 5. The number of amides is 1. The fraction of sp³-hybridized carbons (Fsp3) is 0.417. The number of hydrogen-bond donors (Lipinski definition) is 0. The number of piperidine rings is 1. The van der Waals surface area contributed by atoms with Crippen molar-refractivity contribution in [3.8, 4) is 22.8 Å². The number of thioether (sulfide) groups is 1. The Balaban J connectivity index is 1.63. The number of hydrogen-bond acceptors (Lipinski definition) is 6. The van der Waals surface area contributed by atoms with Crippen LogP contribution < -0.4 is 4.74 Å². The Morgan fingerprint density at radius 3 is 2.59 bits per heavy atom. The summed E-state index contributed by atoms with van der Waals surface area (Å²) < 4.78 is 7.57. The van der Waals surface area contributed by atoms with Crippen LogP contribution >= 0.6 is 11.8 Å². The van der Waals surface area contributed by atoms with Gasteiger partial charge < -0.3 is 9.64 Å². The molecule has 7 nitrogen and oxygen atoms in total. The van der Waals surface area contributed by atoms with Gasteiger partial charge in [-0.2, -0.15) is 0 Å². The standard InChI is InChI=1S/C24H29N5O2S/c1-4-31-21-9-7-20(8-10-21)29-22(19-6-5-13-25-16-19)26-27-24(29)32-18(3)23(30)28-14-11-17(2)12-15-28/h5-10,13,16-18H,4,11-12,14-15H2,1-3H3. The average molecular weight is 452 g/mol. The third-order valence-electron chi connectivity index (χ3n) is 5.68. The molecule has 1 aliphatic rings. The number of carbonyl (C=O) groups excluding carboxylic acids is 1. The van der Waals surface area contributed by atoms with Crippen molar-refractivity contribution < 1.29 is 9.53 Å². The van der Waals surface area contributed by atoms with Crippen LogP contribution in [-0.2, 0) is 4.79 Å². The lowest BCUT2D eigenvalue weighted by atomic mass is 9.99. The maximum absolute atomic E-state index is 13.1. The number of likely N-dealkylation sites (tertiary alicyclic amines) is 1. The summed E-state index contributed by atoms with van der Waals surface area (Å²) >= 11 is 1.44. The minimum Gasteiger partial charge on any atom is -0.494 e. The second-order valence-corrected chi connectivity index (χ2v) is 9.39. The Kier molecular flexibility index (Phi) is 7.09. The largest absolute Gasteiger partial charge is 0.494 e. The van der Waals surface area contributed by atoms with Crippen molar-refractivity contribution in [2.24, 2.45) is 5.92 Å². The zero-order valence-corrected chi connectivity index (χ0v) is 19.6. The van der Waals surface area contributed by atoms with Gasteiger partial charge in [0.05, 0.1) is 11.9 Å². The normalized spacial score (nSPS) is 15.5. The molecule has 0 radical (unpaired) electrons. The second-order valence-electron chi connectivity index (χ2n) is 8.08. The highest BCUT2D eigenvalue weighted by molar-refractivity contribution is 8.00. The molecule has 1 saturated heterocycles. The number of pyridine rings is 1. The van der Waals surface area contributed by atoms with Gasteiger partial charge in [0.1, 0.15) is 5.75 Å². The smallest absolute Gasteiger partial charge is 0.235 e. The SMILES string of the molecule is CCOc1ccc(-n2c(SC(C)C(=O)N3CCC(C)CC3)nnc2-c2cccnc2)cc1. The van der Waals surface area contributed by atoms with Crippen LogP contribution in [0, 0.1) is 5.92 Å². The summed E-state index contributed by atoms with van der Waals surface area (Å²) in [7, 11) is 0. The van der Waals surface area contributed by atoms with Gasteiger partial charge in [-0.05, 0) is 69.0 Å². The van der Waals surface area contributed by atoms with Gasteiger partial charge >= 0.3 is 0 Å². The predicted molar refractivity (Wildman–Crippen MR) is 126 cm³/mol. The number of benzene rings is 1. The van der Waals surface area contributed by atoms with Crippen molar-refractivity contribution in [1.82, 2.24) is 24.6 Å². The molecule has 0 aliphatic carbocycles. The van der Waals surface area contributed by atoms with Crippen LogP contribution in [0.3, 0.4) is 0 Å². The second kappa shape index (κ2) is 10.2. The monoisotopic (exact) mass is 451 g/mol. The Morgan fingerprint density at radius 1 is 1.19 bits per heavy atom. The zero-order chi connectivity index (χ0) is 22.5. The van der Waals surface area contributed by atoms with Crippen LogP contribution in [-0.4, -0.2) is 55.5 Å². The summed E-state index contributed by atoms with van der Waals surface area (Å²) in [6, 6.07) is 11.7. The Hall–Kier alpha value is -2.87. The fourth-order valence-electron chi connectivity index (χ4n) is 3.81. The minimum absolute atomic E-state index is 0.158. The van der Waals surface area contributed by atoms with Crippen LogP contribution in [0.2, 0.25) is 0 Å². The molecule has 3 aromatic rings. The van der Waals surface area contributed by atoms with Gasteiger partial charge in [-0.1, -0.05) is 18.7 Å². The van der Waals surface area contributed by atoms with Crippen molar-refractivity contribution >= 4 is 17.7 Å². The first-order valence-corrected chi connectivity index (χ1v) is 12.0. The summed E-state index contributed by atoms with van der Waals surface area (Å²) in [5.41, 5.74) is 1.77. The minimum atomic E-state index is -0.254. The van der Waals surface area contributed by atoms with Gasteiger partial charge in [-0.3, -0.25) is 14.3 Å². The van der Waals surface area contributed by atoms with E-state index in [2.05, 4.69) is 22.1 Å². The summed E-state index contributed by atoms with van der Waals surface area (Å²) in [5, 5.41) is 9.33. The highest BCUT2D eigenvalue weighted by Gasteiger charge is 2.27. The number of rotatable bonds is 7. The molecule has 8 heteroatoms. The van der Waals surface area contributed by atoms with Crippen LogP contribution in [0.4, 0.5) is 0 Å². The Labute approximate surface area is 193 Å². The highest BCUT2D eigenvalue weighted by Crippen LogP contribution is 2.31. The molecule has 1 aromatic carbocycles. The zero-order valence-electron chi connectivity index (χ0n) is 18.8. The molecule has 1 aliphatic heterocycles. The van der Waals surface area contributed by atoms with Gasteiger partial charge in [0, 0.05) is 36.7 Å². The molecule has 3 heterocycles. The van der Waals surface area contributed by atoms with Crippen molar-refractivity contribution in [3.63, 3.8) is 0 Å². The molecule has 1 fully saturated rings. The summed E-state index contributed by atoms with van der Waals surface area (Å²) in [6.07, 6.45) is 5.64. The molecule has 2 aromatic heterocycles. The van der Waals surface area contributed by atoms with Crippen molar-refractivity contribution in [2.45, 2.75) is 44.0 Å². The Morgan fingerprint density at radius 2 is 1.94 bits per heavy atom. The molecule has 168 valence electrons. The van der Waals surface area contributed by atoms with E-state index >= 15 is 0 Å². The van der Waals surface area contributed by atoms with Crippen LogP contribution in [0.25, 0.3) is 17.1 Å². The fourth-order valence-corrected chi connectivity index (χ4v) is 4.77. The Bertz CT molecular complexity index is 1030.